The number of hydrogen-bond acceptors (Lipinski definition) is 2. The van der Waals surface area contributed by atoms with Crippen LogP contribution in [-0.4, -0.2) is 23.1 Å². The lowest BCUT2D eigenvalue weighted by molar-refractivity contribution is -0.106. The second-order valence-electron chi connectivity index (χ2n) is 2.79. The molecule has 0 atom stereocenters. The van der Waals surface area contributed by atoms with E-state index in [4.69, 9.17) is 0 Å². The van der Waals surface area contributed by atoms with E-state index in [0.717, 1.165) is 30.8 Å². The van der Waals surface area contributed by atoms with Crippen LogP contribution in [0.25, 0.3) is 0 Å². The second kappa shape index (κ2) is 2.93. The number of hydrogen-bond donors (Lipinski definition) is 0. The van der Waals surface area contributed by atoms with Crippen molar-refractivity contribution in [3.63, 3.8) is 0 Å². The molecule has 0 N–H and O–H groups in total. The SMILES string of the molecule is O=CCC1=NCCn2cccc21. The van der Waals surface area contributed by atoms with Crippen molar-refractivity contribution < 1.29 is 4.79 Å². The molecule has 0 aromatic carbocycles. The van der Waals surface area contributed by atoms with Crippen LogP contribution in [0.4, 0.5) is 0 Å². The van der Waals surface area contributed by atoms with Crippen LogP contribution in [0, 0.1) is 0 Å². The van der Waals surface area contributed by atoms with Crippen LogP contribution in [0.15, 0.2) is 23.3 Å². The van der Waals surface area contributed by atoms with Crippen molar-refractivity contribution in [3.05, 3.63) is 24.0 Å². The third-order valence-electron chi connectivity index (χ3n) is 2.05. The average molecular weight is 162 g/mol. The van der Waals surface area contributed by atoms with Gasteiger partial charge in [0.05, 0.1) is 18.0 Å². The number of aliphatic imine (C=N–C) groups is 1. The van der Waals surface area contributed by atoms with Gasteiger partial charge in [-0.2, -0.15) is 0 Å². The summed E-state index contributed by atoms with van der Waals surface area (Å²) < 4.78 is 2.13. The van der Waals surface area contributed by atoms with Gasteiger partial charge >= 0.3 is 0 Å². The topological polar surface area (TPSA) is 34.4 Å². The average Bonchev–Trinajstić information content (AvgIpc) is 2.53. The van der Waals surface area contributed by atoms with Gasteiger partial charge < -0.3 is 9.36 Å². The summed E-state index contributed by atoms with van der Waals surface area (Å²) in [6.07, 6.45) is 3.36. The molecule has 0 saturated carbocycles. The highest BCUT2D eigenvalue weighted by atomic mass is 16.1. The van der Waals surface area contributed by atoms with Crippen LogP contribution < -0.4 is 0 Å². The molecule has 3 heteroatoms. The van der Waals surface area contributed by atoms with E-state index in [1.165, 1.54) is 0 Å². The molecule has 0 radical (unpaired) electrons. The molecule has 0 aliphatic carbocycles. The summed E-state index contributed by atoms with van der Waals surface area (Å²) in [6, 6.07) is 3.99. The number of carbonyl (C=O) groups excluding carboxylic acids is 1. The van der Waals surface area contributed by atoms with E-state index in [2.05, 4.69) is 9.56 Å². The van der Waals surface area contributed by atoms with Gasteiger partial charge in [-0.25, -0.2) is 0 Å². The first-order valence-corrected chi connectivity index (χ1v) is 4.04. The fourth-order valence-electron chi connectivity index (χ4n) is 1.49. The van der Waals surface area contributed by atoms with Crippen molar-refractivity contribution in [2.24, 2.45) is 4.99 Å². The first-order valence-electron chi connectivity index (χ1n) is 4.04. The predicted molar refractivity (Wildman–Crippen MR) is 46.5 cm³/mol. The molecule has 0 bridgehead atoms. The molecule has 1 aromatic rings. The Hall–Kier alpha value is -1.38. The van der Waals surface area contributed by atoms with E-state index in [-0.39, 0.29) is 0 Å². The monoisotopic (exact) mass is 162 g/mol. The molecule has 1 aromatic heterocycles. The number of nitrogens with zero attached hydrogens (tertiary/aromatic N) is 2. The number of aldehydes is 1. The fourth-order valence-corrected chi connectivity index (χ4v) is 1.49. The first kappa shape index (κ1) is 7.28. The molecule has 0 saturated heterocycles. The smallest absolute Gasteiger partial charge is 0.126 e. The summed E-state index contributed by atoms with van der Waals surface area (Å²) in [4.78, 5) is 14.6. The van der Waals surface area contributed by atoms with E-state index in [0.29, 0.717) is 6.42 Å². The lowest BCUT2D eigenvalue weighted by Gasteiger charge is -2.14. The zero-order valence-corrected chi connectivity index (χ0v) is 6.73. The summed E-state index contributed by atoms with van der Waals surface area (Å²) in [5, 5.41) is 0. The third kappa shape index (κ3) is 1.07. The van der Waals surface area contributed by atoms with Gasteiger partial charge in [0.1, 0.15) is 6.29 Å². The zero-order chi connectivity index (χ0) is 8.39. The minimum absolute atomic E-state index is 0.435. The largest absolute Gasteiger partial charge is 0.345 e. The maximum atomic E-state index is 10.3. The Balaban J connectivity index is 2.36. The normalized spacial score (nSPS) is 15.2. The van der Waals surface area contributed by atoms with Gasteiger partial charge in [-0.1, -0.05) is 0 Å². The molecule has 12 heavy (non-hydrogen) atoms. The standard InChI is InChI=1S/C9H10N2O/c12-7-3-8-9-2-1-5-11(9)6-4-10-8/h1-2,5,7H,3-4,6H2. The minimum atomic E-state index is 0.435. The lowest BCUT2D eigenvalue weighted by atomic mass is 10.2. The molecule has 0 fully saturated rings. The van der Waals surface area contributed by atoms with Gasteiger partial charge in [0.15, 0.2) is 0 Å². The lowest BCUT2D eigenvalue weighted by Crippen LogP contribution is -2.17. The maximum Gasteiger partial charge on any atom is 0.126 e. The second-order valence-corrected chi connectivity index (χ2v) is 2.79. The molecule has 0 unspecified atom stereocenters. The van der Waals surface area contributed by atoms with Crippen molar-refractivity contribution in [3.8, 4) is 0 Å². The third-order valence-corrected chi connectivity index (χ3v) is 2.05. The highest BCUT2D eigenvalue weighted by molar-refractivity contribution is 6.05. The summed E-state index contributed by atoms with van der Waals surface area (Å²) >= 11 is 0. The number of rotatable bonds is 2. The van der Waals surface area contributed by atoms with Crippen molar-refractivity contribution in [1.82, 2.24) is 4.57 Å². The Bertz CT molecular complexity index is 325. The fraction of sp³-hybridized carbons (Fsp3) is 0.333. The Morgan fingerprint density at radius 3 is 3.42 bits per heavy atom. The minimum Gasteiger partial charge on any atom is -0.345 e. The molecule has 1 aliphatic heterocycles. The Kier molecular flexibility index (Phi) is 1.78. The summed E-state index contributed by atoms with van der Waals surface area (Å²) in [5.74, 6) is 0. The molecular formula is C9H10N2O. The molecule has 0 spiro atoms. The Morgan fingerprint density at radius 2 is 2.58 bits per heavy atom. The summed E-state index contributed by atoms with van der Waals surface area (Å²) in [6.45, 7) is 1.73. The van der Waals surface area contributed by atoms with Gasteiger partial charge in [-0.15, -0.1) is 0 Å². The molecule has 1 aliphatic rings. The number of fused-ring (bicyclic) bond motifs is 1. The van der Waals surface area contributed by atoms with Crippen LogP contribution in [0.5, 0.6) is 0 Å². The first-order chi connectivity index (χ1) is 5.92. The molecule has 0 amide bonds. The van der Waals surface area contributed by atoms with E-state index in [1.807, 2.05) is 18.3 Å². The van der Waals surface area contributed by atoms with E-state index < -0.39 is 0 Å². The Labute approximate surface area is 70.7 Å². The van der Waals surface area contributed by atoms with E-state index in [9.17, 15) is 4.79 Å². The number of aromatic nitrogens is 1. The molecular weight excluding hydrogens is 152 g/mol. The van der Waals surface area contributed by atoms with Crippen molar-refractivity contribution in [2.45, 2.75) is 13.0 Å². The van der Waals surface area contributed by atoms with Crippen molar-refractivity contribution in [2.75, 3.05) is 6.54 Å². The van der Waals surface area contributed by atoms with Crippen molar-refractivity contribution >= 4 is 12.0 Å². The van der Waals surface area contributed by atoms with Crippen LogP contribution in [-0.2, 0) is 11.3 Å². The summed E-state index contributed by atoms with van der Waals surface area (Å²) in [7, 11) is 0. The van der Waals surface area contributed by atoms with E-state index >= 15 is 0 Å². The van der Waals surface area contributed by atoms with Gasteiger partial charge in [-0.3, -0.25) is 4.99 Å². The van der Waals surface area contributed by atoms with Gasteiger partial charge in [0.2, 0.25) is 0 Å². The van der Waals surface area contributed by atoms with Crippen LogP contribution in [0.3, 0.4) is 0 Å². The quantitative estimate of drug-likeness (QED) is 0.594. The highest BCUT2D eigenvalue weighted by Gasteiger charge is 2.11. The molecule has 62 valence electrons. The van der Waals surface area contributed by atoms with E-state index in [1.54, 1.807) is 0 Å². The molecule has 2 rings (SSSR count). The van der Waals surface area contributed by atoms with Crippen LogP contribution in [0.1, 0.15) is 12.1 Å². The molecule has 3 nitrogen and oxygen atoms in total. The van der Waals surface area contributed by atoms with Gasteiger partial charge in [0.25, 0.3) is 0 Å². The maximum absolute atomic E-state index is 10.3. The van der Waals surface area contributed by atoms with Crippen LogP contribution >= 0.6 is 0 Å². The zero-order valence-electron chi connectivity index (χ0n) is 6.73. The van der Waals surface area contributed by atoms with Gasteiger partial charge in [0, 0.05) is 19.2 Å². The van der Waals surface area contributed by atoms with Gasteiger partial charge in [-0.05, 0) is 12.1 Å². The molecule has 2 heterocycles. The van der Waals surface area contributed by atoms with Crippen LogP contribution in [0.2, 0.25) is 0 Å². The number of carbonyl (C=O) groups is 1. The Morgan fingerprint density at radius 1 is 1.67 bits per heavy atom. The highest BCUT2D eigenvalue weighted by Crippen LogP contribution is 2.10. The predicted octanol–water partition coefficient (Wildman–Crippen LogP) is 0.880. The van der Waals surface area contributed by atoms with Crippen molar-refractivity contribution in [1.29, 1.82) is 0 Å². The summed E-state index contributed by atoms with van der Waals surface area (Å²) in [5.41, 5.74) is 2.01.